The highest BCUT2D eigenvalue weighted by molar-refractivity contribution is 7.92. The molecule has 12 heteroatoms. The van der Waals surface area contributed by atoms with Gasteiger partial charge in [0.05, 0.1) is 22.4 Å². The molecule has 0 heterocycles. The first kappa shape index (κ1) is 26.4. The number of hydrazone groups is 1. The Morgan fingerprint density at radius 3 is 2.28 bits per heavy atom. The number of hydrogen-bond acceptors (Lipinski definition) is 6. The minimum Gasteiger partial charge on any atom is -0.427 e. The quantitative estimate of drug-likeness (QED) is 0.210. The van der Waals surface area contributed by atoms with E-state index in [0.29, 0.717) is 21.7 Å². The zero-order valence-corrected chi connectivity index (χ0v) is 19.6. The number of anilines is 1. The summed E-state index contributed by atoms with van der Waals surface area (Å²) in [5.41, 5.74) is 1.28. The summed E-state index contributed by atoms with van der Waals surface area (Å²) in [5, 5.41) is 3.76. The van der Waals surface area contributed by atoms with Crippen LogP contribution in [0.25, 0.3) is 0 Å². The maximum absolute atomic E-state index is 13.2. The first-order chi connectivity index (χ1) is 17.0. The monoisotopic (exact) mass is 519 g/mol. The van der Waals surface area contributed by atoms with Crippen molar-refractivity contribution in [3.63, 3.8) is 0 Å². The number of sulfonamides is 1. The summed E-state index contributed by atoms with van der Waals surface area (Å²) in [6.45, 7) is 0.423. The van der Waals surface area contributed by atoms with Crippen molar-refractivity contribution in [2.24, 2.45) is 5.10 Å². The average molecular weight is 520 g/mol. The van der Waals surface area contributed by atoms with Crippen molar-refractivity contribution in [3.05, 3.63) is 90.0 Å². The van der Waals surface area contributed by atoms with E-state index in [1.807, 2.05) is 0 Å². The maximum atomic E-state index is 13.2. The number of alkyl halides is 3. The minimum absolute atomic E-state index is 0.202. The third-order valence-corrected chi connectivity index (χ3v) is 6.41. The lowest BCUT2D eigenvalue weighted by molar-refractivity contribution is -0.137. The number of benzene rings is 3. The Balaban J connectivity index is 1.82. The van der Waals surface area contributed by atoms with Crippen LogP contribution in [-0.2, 0) is 25.8 Å². The molecular weight excluding hydrogens is 499 g/mol. The van der Waals surface area contributed by atoms with Gasteiger partial charge in [-0.15, -0.1) is 0 Å². The molecule has 0 radical (unpaired) electrons. The number of nitrogens with zero attached hydrogens (tertiary/aromatic N) is 2. The van der Waals surface area contributed by atoms with Crippen LogP contribution in [0.3, 0.4) is 0 Å². The van der Waals surface area contributed by atoms with Crippen molar-refractivity contribution in [3.8, 4) is 5.75 Å². The number of carbonyl (C=O) groups excluding carboxylic acids is 2. The molecule has 0 aliphatic carbocycles. The van der Waals surface area contributed by atoms with Gasteiger partial charge in [0.25, 0.3) is 15.9 Å². The standard InChI is InChI=1S/C24H20F3N3O5S/c1-17(31)35-21-12-10-18(11-13-21)15-28-29-23(32)16-30(36(33,34)22-8-3-2-4-9-22)20-7-5-6-19(14-20)24(25,26)27/h2-15H,16H2,1H3,(H,29,32)/b28-15-. The van der Waals surface area contributed by atoms with Gasteiger partial charge in [-0.05, 0) is 60.2 Å². The van der Waals surface area contributed by atoms with E-state index in [-0.39, 0.29) is 10.6 Å². The van der Waals surface area contributed by atoms with Gasteiger partial charge in [0, 0.05) is 6.92 Å². The molecule has 1 N–H and O–H groups in total. The molecule has 188 valence electrons. The first-order valence-electron chi connectivity index (χ1n) is 10.3. The molecule has 0 fully saturated rings. The Morgan fingerprint density at radius 1 is 1.00 bits per heavy atom. The molecule has 0 atom stereocenters. The smallest absolute Gasteiger partial charge is 0.416 e. The van der Waals surface area contributed by atoms with Crippen LogP contribution in [0, 0.1) is 0 Å². The van der Waals surface area contributed by atoms with Crippen molar-refractivity contribution in [1.82, 2.24) is 5.43 Å². The van der Waals surface area contributed by atoms with Gasteiger partial charge in [0.15, 0.2) is 0 Å². The number of hydrogen-bond donors (Lipinski definition) is 1. The van der Waals surface area contributed by atoms with Crippen molar-refractivity contribution < 1.29 is 35.9 Å². The minimum atomic E-state index is -4.71. The fraction of sp³-hybridized carbons (Fsp3) is 0.125. The van der Waals surface area contributed by atoms with Crippen LogP contribution >= 0.6 is 0 Å². The van der Waals surface area contributed by atoms with Crippen LogP contribution in [0.15, 0.2) is 88.9 Å². The fourth-order valence-corrected chi connectivity index (χ4v) is 4.44. The molecule has 8 nitrogen and oxygen atoms in total. The molecule has 0 bridgehead atoms. The van der Waals surface area contributed by atoms with Crippen molar-refractivity contribution in [2.45, 2.75) is 18.0 Å². The highest BCUT2D eigenvalue weighted by atomic mass is 32.2. The Labute approximate surface area is 205 Å². The summed E-state index contributed by atoms with van der Waals surface area (Å²) in [7, 11) is -4.39. The zero-order chi connectivity index (χ0) is 26.3. The van der Waals surface area contributed by atoms with Crippen LogP contribution < -0.4 is 14.5 Å². The number of halogens is 3. The van der Waals surface area contributed by atoms with Crippen LogP contribution in [0.5, 0.6) is 5.75 Å². The van der Waals surface area contributed by atoms with E-state index in [9.17, 15) is 31.2 Å². The van der Waals surface area contributed by atoms with E-state index < -0.39 is 40.2 Å². The van der Waals surface area contributed by atoms with Gasteiger partial charge in [-0.1, -0.05) is 24.3 Å². The predicted molar refractivity (Wildman–Crippen MR) is 126 cm³/mol. The molecule has 3 aromatic carbocycles. The Hall–Kier alpha value is -4.19. The van der Waals surface area contributed by atoms with Gasteiger partial charge in [-0.25, -0.2) is 13.8 Å². The number of esters is 1. The number of ether oxygens (including phenoxy) is 1. The summed E-state index contributed by atoms with van der Waals surface area (Å²) in [6, 6.07) is 16.8. The molecule has 0 saturated heterocycles. The number of rotatable bonds is 8. The zero-order valence-electron chi connectivity index (χ0n) is 18.8. The highest BCUT2D eigenvalue weighted by Gasteiger charge is 2.33. The molecule has 0 aliphatic heterocycles. The van der Waals surface area contributed by atoms with Crippen LogP contribution in [0.4, 0.5) is 18.9 Å². The Kier molecular flexibility index (Phi) is 8.10. The van der Waals surface area contributed by atoms with E-state index in [1.54, 1.807) is 18.2 Å². The molecule has 1 amide bonds. The summed E-state index contributed by atoms with van der Waals surface area (Å²) < 4.78 is 71.6. The fourth-order valence-electron chi connectivity index (χ4n) is 3.00. The molecule has 3 rings (SSSR count). The molecule has 0 unspecified atom stereocenters. The SMILES string of the molecule is CC(=O)Oc1ccc(/C=N\NC(=O)CN(c2cccc(C(F)(F)F)c2)S(=O)(=O)c2ccccc2)cc1. The summed E-state index contributed by atoms with van der Waals surface area (Å²) in [6.07, 6.45) is -3.45. The highest BCUT2D eigenvalue weighted by Crippen LogP contribution is 2.33. The van der Waals surface area contributed by atoms with Crippen molar-refractivity contribution in [2.75, 3.05) is 10.8 Å². The van der Waals surface area contributed by atoms with Crippen molar-refractivity contribution in [1.29, 1.82) is 0 Å². The van der Waals surface area contributed by atoms with Gasteiger partial charge in [-0.2, -0.15) is 18.3 Å². The Bertz CT molecular complexity index is 1360. The van der Waals surface area contributed by atoms with Gasteiger partial charge in [0.2, 0.25) is 0 Å². The van der Waals surface area contributed by atoms with E-state index in [1.165, 1.54) is 49.5 Å². The van der Waals surface area contributed by atoms with Crippen LogP contribution in [-0.4, -0.2) is 33.1 Å². The lowest BCUT2D eigenvalue weighted by Gasteiger charge is -2.24. The Morgan fingerprint density at radius 2 is 1.67 bits per heavy atom. The molecular formula is C24H20F3N3O5S. The molecule has 0 spiro atoms. The topological polar surface area (TPSA) is 105 Å². The second kappa shape index (κ2) is 11.0. The number of nitrogens with one attached hydrogen (secondary N) is 1. The molecule has 36 heavy (non-hydrogen) atoms. The lowest BCUT2D eigenvalue weighted by Crippen LogP contribution is -2.39. The van der Waals surface area contributed by atoms with Crippen molar-refractivity contribution >= 4 is 33.8 Å². The lowest BCUT2D eigenvalue weighted by atomic mass is 10.2. The average Bonchev–Trinajstić information content (AvgIpc) is 2.83. The number of carbonyl (C=O) groups is 2. The van der Waals surface area contributed by atoms with Gasteiger partial charge in [0.1, 0.15) is 12.3 Å². The van der Waals surface area contributed by atoms with Gasteiger partial charge < -0.3 is 4.74 Å². The van der Waals surface area contributed by atoms with E-state index >= 15 is 0 Å². The van der Waals surface area contributed by atoms with Gasteiger partial charge in [-0.3, -0.25) is 13.9 Å². The van der Waals surface area contributed by atoms with Crippen LogP contribution in [0.2, 0.25) is 0 Å². The third-order valence-electron chi connectivity index (χ3n) is 4.62. The second-order valence-electron chi connectivity index (χ2n) is 7.33. The molecule has 0 aromatic heterocycles. The largest absolute Gasteiger partial charge is 0.427 e. The molecule has 3 aromatic rings. The summed E-state index contributed by atoms with van der Waals surface area (Å²) in [4.78, 5) is 23.3. The molecule has 0 saturated carbocycles. The van der Waals surface area contributed by atoms with Crippen LogP contribution in [0.1, 0.15) is 18.1 Å². The van der Waals surface area contributed by atoms with E-state index in [2.05, 4.69) is 10.5 Å². The van der Waals surface area contributed by atoms with Gasteiger partial charge >= 0.3 is 12.1 Å². The first-order valence-corrected chi connectivity index (χ1v) is 11.8. The normalized spacial score (nSPS) is 11.8. The second-order valence-corrected chi connectivity index (χ2v) is 9.19. The third kappa shape index (κ3) is 6.92. The van der Waals surface area contributed by atoms with E-state index in [0.717, 1.165) is 18.2 Å². The maximum Gasteiger partial charge on any atom is 0.416 e. The molecule has 0 aliphatic rings. The number of amides is 1. The summed E-state index contributed by atoms with van der Waals surface area (Å²) >= 11 is 0. The predicted octanol–water partition coefficient (Wildman–Crippen LogP) is 3.98. The summed E-state index contributed by atoms with van der Waals surface area (Å²) in [5.74, 6) is -1.06. The van der Waals surface area contributed by atoms with E-state index in [4.69, 9.17) is 4.74 Å².